The summed E-state index contributed by atoms with van der Waals surface area (Å²) in [5.41, 5.74) is 2.42. The van der Waals surface area contributed by atoms with Gasteiger partial charge in [0.05, 0.1) is 19.8 Å². The van der Waals surface area contributed by atoms with Crippen LogP contribution in [0.2, 0.25) is 0 Å². The quantitative estimate of drug-likeness (QED) is 0.604. The fourth-order valence-corrected chi connectivity index (χ4v) is 3.14. The van der Waals surface area contributed by atoms with Crippen LogP contribution in [0.15, 0.2) is 48.5 Å². The second kappa shape index (κ2) is 11.1. The fourth-order valence-electron chi connectivity index (χ4n) is 3.14. The summed E-state index contributed by atoms with van der Waals surface area (Å²) in [6.45, 7) is 4.93. The van der Waals surface area contributed by atoms with Crippen molar-refractivity contribution in [2.45, 2.75) is 13.3 Å². The molecule has 0 unspecified atom stereocenters. The number of ether oxygens (including phenoxy) is 1. The lowest BCUT2D eigenvalue weighted by Gasteiger charge is -2.27. The van der Waals surface area contributed by atoms with Gasteiger partial charge in [-0.3, -0.25) is 14.4 Å². The predicted molar refractivity (Wildman–Crippen MR) is 119 cm³/mol. The number of benzene rings is 2. The van der Waals surface area contributed by atoms with Gasteiger partial charge in [-0.1, -0.05) is 13.0 Å². The zero-order valence-electron chi connectivity index (χ0n) is 17.6. The molecule has 0 aliphatic carbocycles. The summed E-state index contributed by atoms with van der Waals surface area (Å²) in [4.78, 5) is 38.6. The van der Waals surface area contributed by atoms with E-state index in [4.69, 9.17) is 4.74 Å². The number of nitrogens with zero attached hydrogens (tertiary/aromatic N) is 1. The van der Waals surface area contributed by atoms with Crippen LogP contribution in [0.5, 0.6) is 0 Å². The summed E-state index contributed by atoms with van der Waals surface area (Å²) in [6, 6.07) is 13.9. The number of nitrogens with one attached hydrogen (secondary N) is 3. The van der Waals surface area contributed by atoms with E-state index in [-0.39, 0.29) is 24.3 Å². The number of morpholine rings is 1. The Kier molecular flexibility index (Phi) is 8.00. The molecule has 0 saturated carbocycles. The number of carbonyl (C=O) groups excluding carboxylic acids is 3. The molecule has 0 bridgehead atoms. The van der Waals surface area contributed by atoms with Gasteiger partial charge < -0.3 is 25.6 Å². The second-order valence-corrected chi connectivity index (χ2v) is 7.22. The van der Waals surface area contributed by atoms with Crippen LogP contribution in [0, 0.1) is 0 Å². The summed E-state index contributed by atoms with van der Waals surface area (Å²) in [5, 5.41) is 8.64. The average Bonchev–Trinajstić information content (AvgIpc) is 2.82. The highest BCUT2D eigenvalue weighted by atomic mass is 16.5. The van der Waals surface area contributed by atoms with Crippen LogP contribution >= 0.6 is 0 Å². The van der Waals surface area contributed by atoms with E-state index in [9.17, 15) is 14.4 Å². The van der Waals surface area contributed by atoms with Crippen LogP contribution in [-0.4, -0.2) is 62.0 Å². The van der Waals surface area contributed by atoms with Gasteiger partial charge in [0.1, 0.15) is 0 Å². The fraction of sp³-hybridized carbons (Fsp3) is 0.348. The van der Waals surface area contributed by atoms with E-state index < -0.39 is 0 Å². The molecule has 1 heterocycles. The lowest BCUT2D eigenvalue weighted by atomic mass is 10.1. The smallest absolute Gasteiger partial charge is 0.254 e. The minimum Gasteiger partial charge on any atom is -0.378 e. The van der Waals surface area contributed by atoms with Crippen LogP contribution in [-0.2, 0) is 9.53 Å². The Morgan fingerprint density at radius 2 is 1.71 bits per heavy atom. The zero-order chi connectivity index (χ0) is 22.1. The molecule has 0 aromatic heterocycles. The van der Waals surface area contributed by atoms with Crippen molar-refractivity contribution in [3.63, 3.8) is 0 Å². The van der Waals surface area contributed by atoms with Crippen LogP contribution < -0.4 is 16.0 Å². The van der Waals surface area contributed by atoms with Gasteiger partial charge in [0.15, 0.2) is 0 Å². The number of hydrogen-bond acceptors (Lipinski definition) is 5. The summed E-state index contributed by atoms with van der Waals surface area (Å²) in [6.07, 6.45) is 0.872. The second-order valence-electron chi connectivity index (χ2n) is 7.22. The standard InChI is InChI=1S/C23H28N4O4/c1-2-10-24-22(29)17-6-8-19(9-7-17)26-21(28)16-25-20-5-3-4-18(15-20)23(30)27-11-13-31-14-12-27/h3-9,15,25H,2,10-14,16H2,1H3,(H,24,29)(H,26,28). The SMILES string of the molecule is CCCNC(=O)c1ccc(NC(=O)CNc2cccc(C(=O)N3CCOCC3)c2)cc1. The molecule has 3 rings (SSSR count). The Bertz CT molecular complexity index is 908. The van der Waals surface area contributed by atoms with Crippen molar-refractivity contribution < 1.29 is 19.1 Å². The van der Waals surface area contributed by atoms with Crippen molar-refractivity contribution in [3.05, 3.63) is 59.7 Å². The number of rotatable bonds is 8. The molecule has 3 amide bonds. The third-order valence-electron chi connectivity index (χ3n) is 4.83. The van der Waals surface area contributed by atoms with Crippen molar-refractivity contribution in [2.75, 3.05) is 50.0 Å². The van der Waals surface area contributed by atoms with Crippen molar-refractivity contribution in [3.8, 4) is 0 Å². The number of anilines is 2. The normalized spacial score (nSPS) is 13.4. The molecule has 31 heavy (non-hydrogen) atoms. The first-order valence-corrected chi connectivity index (χ1v) is 10.5. The minimum absolute atomic E-state index is 0.0422. The molecule has 2 aromatic rings. The monoisotopic (exact) mass is 424 g/mol. The molecule has 0 spiro atoms. The van der Waals surface area contributed by atoms with Gasteiger partial charge in [0.25, 0.3) is 11.8 Å². The third-order valence-corrected chi connectivity index (χ3v) is 4.83. The van der Waals surface area contributed by atoms with Gasteiger partial charge in [0.2, 0.25) is 5.91 Å². The molecular formula is C23H28N4O4. The van der Waals surface area contributed by atoms with Gasteiger partial charge >= 0.3 is 0 Å². The Morgan fingerprint density at radius 1 is 0.968 bits per heavy atom. The Balaban J connectivity index is 1.50. The Labute approximate surface area is 182 Å². The van der Waals surface area contributed by atoms with Crippen molar-refractivity contribution >= 4 is 29.1 Å². The average molecular weight is 425 g/mol. The Morgan fingerprint density at radius 3 is 2.42 bits per heavy atom. The summed E-state index contributed by atoms with van der Waals surface area (Å²) >= 11 is 0. The molecular weight excluding hydrogens is 396 g/mol. The van der Waals surface area contributed by atoms with Crippen LogP contribution in [0.3, 0.4) is 0 Å². The van der Waals surface area contributed by atoms with E-state index in [2.05, 4.69) is 16.0 Å². The zero-order valence-corrected chi connectivity index (χ0v) is 17.6. The molecule has 2 aromatic carbocycles. The highest BCUT2D eigenvalue weighted by Crippen LogP contribution is 2.14. The van der Waals surface area contributed by atoms with Gasteiger partial charge in [-0.2, -0.15) is 0 Å². The van der Waals surface area contributed by atoms with Gasteiger partial charge in [-0.05, 0) is 48.9 Å². The largest absolute Gasteiger partial charge is 0.378 e. The van der Waals surface area contributed by atoms with E-state index in [1.165, 1.54) is 0 Å². The van der Waals surface area contributed by atoms with Crippen LogP contribution in [0.4, 0.5) is 11.4 Å². The number of hydrogen-bond donors (Lipinski definition) is 3. The van der Waals surface area contributed by atoms with Gasteiger partial charge in [-0.15, -0.1) is 0 Å². The first-order chi connectivity index (χ1) is 15.1. The topological polar surface area (TPSA) is 99.8 Å². The number of amides is 3. The Hall–Kier alpha value is -3.39. The number of carbonyl (C=O) groups is 3. The van der Waals surface area contributed by atoms with Crippen molar-refractivity contribution in [1.29, 1.82) is 0 Å². The molecule has 0 atom stereocenters. The van der Waals surface area contributed by atoms with E-state index in [1.807, 2.05) is 13.0 Å². The molecule has 1 saturated heterocycles. The molecule has 8 heteroatoms. The van der Waals surface area contributed by atoms with Crippen molar-refractivity contribution in [2.24, 2.45) is 0 Å². The van der Waals surface area contributed by atoms with Crippen molar-refractivity contribution in [1.82, 2.24) is 10.2 Å². The molecule has 1 fully saturated rings. The lowest BCUT2D eigenvalue weighted by molar-refractivity contribution is -0.114. The molecule has 164 valence electrons. The maximum absolute atomic E-state index is 12.6. The predicted octanol–water partition coefficient (Wildman–Crippen LogP) is 2.35. The highest BCUT2D eigenvalue weighted by molar-refractivity contribution is 5.97. The summed E-state index contributed by atoms with van der Waals surface area (Å²) in [5.74, 6) is -0.402. The van der Waals surface area contributed by atoms with E-state index in [1.54, 1.807) is 47.4 Å². The molecule has 1 aliphatic rings. The van der Waals surface area contributed by atoms with Gasteiger partial charge in [0, 0.05) is 42.1 Å². The molecule has 1 aliphatic heterocycles. The summed E-state index contributed by atoms with van der Waals surface area (Å²) in [7, 11) is 0. The van der Waals surface area contributed by atoms with E-state index in [0.29, 0.717) is 55.3 Å². The molecule has 8 nitrogen and oxygen atoms in total. The molecule has 0 radical (unpaired) electrons. The molecule has 3 N–H and O–H groups in total. The third kappa shape index (κ3) is 6.55. The lowest BCUT2D eigenvalue weighted by Crippen LogP contribution is -2.40. The maximum Gasteiger partial charge on any atom is 0.254 e. The maximum atomic E-state index is 12.6. The van der Waals surface area contributed by atoms with Crippen LogP contribution in [0.1, 0.15) is 34.1 Å². The highest BCUT2D eigenvalue weighted by Gasteiger charge is 2.18. The van der Waals surface area contributed by atoms with E-state index >= 15 is 0 Å². The van der Waals surface area contributed by atoms with Crippen LogP contribution in [0.25, 0.3) is 0 Å². The first-order valence-electron chi connectivity index (χ1n) is 10.5. The van der Waals surface area contributed by atoms with E-state index in [0.717, 1.165) is 6.42 Å². The first kappa shape index (κ1) is 22.3. The minimum atomic E-state index is -0.229. The summed E-state index contributed by atoms with van der Waals surface area (Å²) < 4.78 is 5.29. The van der Waals surface area contributed by atoms with Gasteiger partial charge in [-0.25, -0.2) is 0 Å².